The second kappa shape index (κ2) is 6.05. The first-order valence-corrected chi connectivity index (χ1v) is 7.01. The topological polar surface area (TPSA) is 21.3 Å². The van der Waals surface area contributed by atoms with Crippen LogP contribution in [0.5, 0.6) is 0 Å². The molecule has 1 aliphatic carbocycles. The molecule has 0 amide bonds. The van der Waals surface area contributed by atoms with Gasteiger partial charge in [-0.25, -0.2) is 0 Å². The summed E-state index contributed by atoms with van der Waals surface area (Å²) in [5.41, 5.74) is 1.66. The predicted octanol–water partition coefficient (Wildman–Crippen LogP) is 3.81. The first-order valence-electron chi connectivity index (χ1n) is 6.64. The second-order valence-electron chi connectivity index (χ2n) is 5.37. The first kappa shape index (κ1) is 13.9. The molecule has 0 heterocycles. The van der Waals surface area contributed by atoms with Crippen LogP contribution in [0.1, 0.15) is 37.8 Å². The average Bonchev–Trinajstić information content (AvgIpc) is 3.15. The Balaban J connectivity index is 1.85. The fourth-order valence-electron chi connectivity index (χ4n) is 2.32. The first-order chi connectivity index (χ1) is 8.67. The molecule has 0 aliphatic heterocycles. The second-order valence-corrected chi connectivity index (χ2v) is 5.77. The van der Waals surface area contributed by atoms with Gasteiger partial charge >= 0.3 is 0 Å². The van der Waals surface area contributed by atoms with Gasteiger partial charge in [0.15, 0.2) is 0 Å². The van der Waals surface area contributed by atoms with E-state index in [1.54, 1.807) is 7.11 Å². The molecule has 18 heavy (non-hydrogen) atoms. The van der Waals surface area contributed by atoms with E-state index in [9.17, 15) is 0 Å². The molecular weight excluding hydrogens is 246 g/mol. The fourth-order valence-corrected chi connectivity index (χ4v) is 2.62. The molecule has 1 aromatic rings. The third-order valence-corrected chi connectivity index (χ3v) is 4.29. The predicted molar refractivity (Wildman–Crippen MR) is 76.0 cm³/mol. The highest BCUT2D eigenvalue weighted by molar-refractivity contribution is 6.31. The lowest BCUT2D eigenvalue weighted by molar-refractivity contribution is 0.170. The van der Waals surface area contributed by atoms with E-state index < -0.39 is 0 Å². The highest BCUT2D eigenvalue weighted by atomic mass is 35.5. The van der Waals surface area contributed by atoms with Crippen LogP contribution in [-0.4, -0.2) is 20.3 Å². The van der Waals surface area contributed by atoms with Gasteiger partial charge in [-0.05, 0) is 43.2 Å². The molecule has 1 aliphatic rings. The summed E-state index contributed by atoms with van der Waals surface area (Å²) < 4.78 is 5.18. The molecule has 2 rings (SSSR count). The number of halogens is 1. The highest BCUT2D eigenvalue weighted by Crippen LogP contribution is 2.48. The molecule has 0 saturated heterocycles. The zero-order valence-corrected chi connectivity index (χ0v) is 12.0. The summed E-state index contributed by atoms with van der Waals surface area (Å²) in [7, 11) is 1.77. The van der Waals surface area contributed by atoms with Gasteiger partial charge in [0.05, 0.1) is 0 Å². The summed E-state index contributed by atoms with van der Waals surface area (Å²) in [5, 5.41) is 4.46. The van der Waals surface area contributed by atoms with Gasteiger partial charge in [-0.2, -0.15) is 0 Å². The minimum absolute atomic E-state index is 0.304. The van der Waals surface area contributed by atoms with Gasteiger partial charge in [0, 0.05) is 31.3 Å². The lowest BCUT2D eigenvalue weighted by atomic mass is 10.0. The Bertz CT molecular complexity index is 390. The van der Waals surface area contributed by atoms with Gasteiger partial charge in [0.25, 0.3) is 0 Å². The fraction of sp³-hybridized carbons (Fsp3) is 0.600. The third kappa shape index (κ3) is 3.47. The number of hydrogen-bond acceptors (Lipinski definition) is 2. The van der Waals surface area contributed by atoms with Crippen molar-refractivity contribution in [2.24, 2.45) is 5.41 Å². The molecule has 1 saturated carbocycles. The van der Waals surface area contributed by atoms with E-state index in [2.05, 4.69) is 18.3 Å². The Kier molecular flexibility index (Phi) is 4.66. The van der Waals surface area contributed by atoms with Gasteiger partial charge in [0.2, 0.25) is 0 Å². The summed E-state index contributed by atoms with van der Waals surface area (Å²) in [5.74, 6) is 0. The number of rotatable bonds is 7. The van der Waals surface area contributed by atoms with Crippen LogP contribution in [0.15, 0.2) is 24.3 Å². The van der Waals surface area contributed by atoms with Gasteiger partial charge < -0.3 is 10.1 Å². The molecule has 100 valence electrons. The van der Waals surface area contributed by atoms with Crippen molar-refractivity contribution < 1.29 is 4.74 Å². The van der Waals surface area contributed by atoms with Crippen LogP contribution in [0.2, 0.25) is 5.02 Å². The van der Waals surface area contributed by atoms with Crippen LogP contribution in [-0.2, 0) is 4.74 Å². The van der Waals surface area contributed by atoms with Crippen molar-refractivity contribution in [1.29, 1.82) is 0 Å². The number of hydrogen-bond donors (Lipinski definition) is 1. The molecule has 2 nitrogen and oxygen atoms in total. The van der Waals surface area contributed by atoms with E-state index in [4.69, 9.17) is 16.3 Å². The minimum atomic E-state index is 0.304. The summed E-state index contributed by atoms with van der Waals surface area (Å²) in [6.07, 6.45) is 3.79. The van der Waals surface area contributed by atoms with Crippen molar-refractivity contribution in [2.45, 2.75) is 32.2 Å². The number of benzene rings is 1. The molecule has 1 N–H and O–H groups in total. The minimum Gasteiger partial charge on any atom is -0.385 e. The van der Waals surface area contributed by atoms with Crippen molar-refractivity contribution in [3.63, 3.8) is 0 Å². The molecule has 0 radical (unpaired) electrons. The molecule has 0 bridgehead atoms. The van der Waals surface area contributed by atoms with Crippen LogP contribution >= 0.6 is 11.6 Å². The molecule has 1 atom stereocenters. The van der Waals surface area contributed by atoms with Crippen molar-refractivity contribution in [1.82, 2.24) is 5.32 Å². The standard InChI is InChI=1S/C15H22ClNO/c1-12(13-5-3-4-6-14(13)16)17-11-15(7-8-15)9-10-18-2/h3-6,12,17H,7-11H2,1-2H3. The lowest BCUT2D eigenvalue weighted by Gasteiger charge is -2.21. The van der Waals surface area contributed by atoms with E-state index >= 15 is 0 Å². The van der Waals surface area contributed by atoms with Crippen LogP contribution < -0.4 is 5.32 Å². The van der Waals surface area contributed by atoms with Crippen LogP contribution in [0.3, 0.4) is 0 Å². The smallest absolute Gasteiger partial charge is 0.0468 e. The number of ether oxygens (including phenoxy) is 1. The molecule has 0 spiro atoms. The van der Waals surface area contributed by atoms with E-state index in [0.29, 0.717) is 11.5 Å². The summed E-state index contributed by atoms with van der Waals surface area (Å²) in [4.78, 5) is 0. The maximum atomic E-state index is 6.21. The Morgan fingerprint density at radius 2 is 2.11 bits per heavy atom. The van der Waals surface area contributed by atoms with Gasteiger partial charge in [0.1, 0.15) is 0 Å². The zero-order valence-electron chi connectivity index (χ0n) is 11.2. The maximum absolute atomic E-state index is 6.21. The van der Waals surface area contributed by atoms with E-state index in [1.165, 1.54) is 18.4 Å². The molecular formula is C15H22ClNO. The summed E-state index contributed by atoms with van der Waals surface area (Å²) in [6, 6.07) is 8.36. The number of methoxy groups -OCH3 is 1. The number of nitrogens with one attached hydrogen (secondary N) is 1. The van der Waals surface area contributed by atoms with Crippen LogP contribution in [0.4, 0.5) is 0 Å². The van der Waals surface area contributed by atoms with Crippen molar-refractivity contribution in [3.8, 4) is 0 Å². The Hall–Kier alpha value is -0.570. The lowest BCUT2D eigenvalue weighted by Crippen LogP contribution is -2.27. The van der Waals surface area contributed by atoms with E-state index in [-0.39, 0.29) is 0 Å². The van der Waals surface area contributed by atoms with E-state index in [0.717, 1.165) is 24.6 Å². The highest BCUT2D eigenvalue weighted by Gasteiger charge is 2.41. The molecule has 1 fully saturated rings. The molecule has 1 aromatic carbocycles. The van der Waals surface area contributed by atoms with Crippen molar-refractivity contribution >= 4 is 11.6 Å². The molecule has 0 aromatic heterocycles. The van der Waals surface area contributed by atoms with E-state index in [1.807, 2.05) is 18.2 Å². The summed E-state index contributed by atoms with van der Waals surface area (Å²) in [6.45, 7) is 4.10. The zero-order chi connectivity index (χ0) is 13.0. The Morgan fingerprint density at radius 1 is 1.39 bits per heavy atom. The maximum Gasteiger partial charge on any atom is 0.0468 e. The van der Waals surface area contributed by atoms with Gasteiger partial charge in [-0.15, -0.1) is 0 Å². The van der Waals surface area contributed by atoms with Crippen molar-refractivity contribution in [3.05, 3.63) is 34.9 Å². The van der Waals surface area contributed by atoms with Gasteiger partial charge in [-0.3, -0.25) is 0 Å². The summed E-state index contributed by atoms with van der Waals surface area (Å²) >= 11 is 6.21. The average molecular weight is 268 g/mol. The molecule has 1 unspecified atom stereocenters. The quantitative estimate of drug-likeness (QED) is 0.811. The third-order valence-electron chi connectivity index (χ3n) is 3.95. The van der Waals surface area contributed by atoms with Crippen molar-refractivity contribution in [2.75, 3.05) is 20.3 Å². The van der Waals surface area contributed by atoms with Crippen LogP contribution in [0.25, 0.3) is 0 Å². The Morgan fingerprint density at radius 3 is 2.72 bits per heavy atom. The SMILES string of the molecule is COCCC1(CNC(C)c2ccccc2Cl)CC1. The van der Waals surface area contributed by atoms with Gasteiger partial charge in [-0.1, -0.05) is 29.8 Å². The molecule has 3 heteroatoms. The normalized spacial score (nSPS) is 18.6. The van der Waals surface area contributed by atoms with Crippen LogP contribution in [0, 0.1) is 5.41 Å². The monoisotopic (exact) mass is 267 g/mol. The Labute approximate surface area is 115 Å². The largest absolute Gasteiger partial charge is 0.385 e.